The minimum atomic E-state index is -3.62. The van der Waals surface area contributed by atoms with E-state index in [2.05, 4.69) is 15.9 Å². The second-order valence-corrected chi connectivity index (χ2v) is 9.00. The Hall–Kier alpha value is -1.37. The summed E-state index contributed by atoms with van der Waals surface area (Å²) in [5.74, 6) is 0.505. The van der Waals surface area contributed by atoms with Crippen LogP contribution in [0.1, 0.15) is 25.5 Å². The molecular weight excluding hydrogens is 380 g/mol. The molecule has 0 aromatic heterocycles. The molecule has 4 nitrogen and oxygen atoms in total. The van der Waals surface area contributed by atoms with Crippen LogP contribution in [0, 0.1) is 0 Å². The smallest absolute Gasteiger partial charge is 0.206 e. The van der Waals surface area contributed by atoms with Gasteiger partial charge in [-0.05, 0) is 44.2 Å². The highest BCUT2D eigenvalue weighted by molar-refractivity contribution is 9.09. The van der Waals surface area contributed by atoms with Crippen LogP contribution in [0.5, 0.6) is 5.75 Å². The van der Waals surface area contributed by atoms with E-state index in [1.54, 1.807) is 36.4 Å². The van der Waals surface area contributed by atoms with Gasteiger partial charge in [-0.25, -0.2) is 8.42 Å². The minimum Gasteiger partial charge on any atom is -0.486 e. The number of hydrogen-bond donors (Lipinski definition) is 1. The molecule has 0 aliphatic carbocycles. The summed E-state index contributed by atoms with van der Waals surface area (Å²) in [6, 6.07) is 12.8. The standard InChI is InChI=1S/C17H17BrO4S/c1-17(2)16(18)15(19)13-10-12(8-9-14(13)22-17)23(20,21)11-6-4-3-5-7-11/h3-10,15-16,19H,1-2H3/t15-,16+/m0/s1. The Kier molecular flexibility index (Phi) is 4.02. The van der Waals surface area contributed by atoms with E-state index in [1.807, 2.05) is 13.8 Å². The molecule has 0 amide bonds. The summed E-state index contributed by atoms with van der Waals surface area (Å²) in [7, 11) is -3.62. The van der Waals surface area contributed by atoms with Crippen molar-refractivity contribution in [2.45, 2.75) is 40.2 Å². The summed E-state index contributed by atoms with van der Waals surface area (Å²) in [5.41, 5.74) is -0.116. The van der Waals surface area contributed by atoms with Crippen LogP contribution in [0.25, 0.3) is 0 Å². The monoisotopic (exact) mass is 396 g/mol. The van der Waals surface area contributed by atoms with Gasteiger partial charge in [0.05, 0.1) is 20.7 Å². The topological polar surface area (TPSA) is 63.6 Å². The molecule has 1 N–H and O–H groups in total. The van der Waals surface area contributed by atoms with Gasteiger partial charge in [-0.1, -0.05) is 34.1 Å². The van der Waals surface area contributed by atoms with E-state index < -0.39 is 21.5 Å². The highest BCUT2D eigenvalue weighted by Crippen LogP contribution is 2.44. The van der Waals surface area contributed by atoms with Crippen LogP contribution in [0.2, 0.25) is 0 Å². The van der Waals surface area contributed by atoms with E-state index in [-0.39, 0.29) is 14.6 Å². The maximum absolute atomic E-state index is 12.7. The lowest BCUT2D eigenvalue weighted by molar-refractivity contribution is 0.0223. The van der Waals surface area contributed by atoms with Gasteiger partial charge in [0.1, 0.15) is 11.4 Å². The molecule has 2 atom stereocenters. The fraction of sp³-hybridized carbons (Fsp3) is 0.294. The third-order valence-electron chi connectivity index (χ3n) is 3.98. The van der Waals surface area contributed by atoms with E-state index in [0.29, 0.717) is 11.3 Å². The molecule has 23 heavy (non-hydrogen) atoms. The molecule has 2 aromatic carbocycles. The third-order valence-corrected chi connectivity index (χ3v) is 7.35. The van der Waals surface area contributed by atoms with Crippen molar-refractivity contribution in [1.29, 1.82) is 0 Å². The average Bonchev–Trinajstić information content (AvgIpc) is 2.53. The minimum absolute atomic E-state index is 0.143. The summed E-state index contributed by atoms with van der Waals surface area (Å²) >= 11 is 3.44. The van der Waals surface area contributed by atoms with Crippen LogP contribution < -0.4 is 4.74 Å². The van der Waals surface area contributed by atoms with E-state index in [4.69, 9.17) is 4.74 Å². The molecule has 1 heterocycles. The highest BCUT2D eigenvalue weighted by Gasteiger charge is 2.42. The SMILES string of the molecule is CC1(C)Oc2ccc(S(=O)(=O)c3ccccc3)cc2[C@H](O)[C@H]1Br. The van der Waals surface area contributed by atoms with Gasteiger partial charge >= 0.3 is 0 Å². The zero-order valence-electron chi connectivity index (χ0n) is 12.7. The molecular formula is C17H17BrO4S. The van der Waals surface area contributed by atoms with Crippen molar-refractivity contribution in [1.82, 2.24) is 0 Å². The van der Waals surface area contributed by atoms with Gasteiger partial charge in [0, 0.05) is 5.56 Å². The Bertz CT molecular complexity index is 831. The Labute approximate surface area is 144 Å². The van der Waals surface area contributed by atoms with Gasteiger partial charge in [-0.3, -0.25) is 0 Å². The molecule has 2 aromatic rings. The third kappa shape index (κ3) is 2.79. The average molecular weight is 397 g/mol. The molecule has 1 aliphatic heterocycles. The lowest BCUT2D eigenvalue weighted by atomic mass is 9.91. The number of benzene rings is 2. The van der Waals surface area contributed by atoms with Crippen molar-refractivity contribution in [3.8, 4) is 5.75 Å². The number of alkyl halides is 1. The van der Waals surface area contributed by atoms with Crippen molar-refractivity contribution in [3.63, 3.8) is 0 Å². The summed E-state index contributed by atoms with van der Waals surface area (Å²) < 4.78 is 31.3. The number of hydrogen-bond acceptors (Lipinski definition) is 4. The van der Waals surface area contributed by atoms with Gasteiger partial charge in [-0.2, -0.15) is 0 Å². The van der Waals surface area contributed by atoms with E-state index in [1.165, 1.54) is 12.1 Å². The predicted molar refractivity (Wildman–Crippen MR) is 90.7 cm³/mol. The molecule has 6 heteroatoms. The molecule has 1 aliphatic rings. The molecule has 0 spiro atoms. The number of sulfone groups is 1. The summed E-state index contributed by atoms with van der Waals surface area (Å²) in [6.07, 6.45) is -0.848. The number of rotatable bonds is 2. The second kappa shape index (κ2) is 5.61. The zero-order chi connectivity index (χ0) is 16.8. The molecule has 0 saturated carbocycles. The van der Waals surface area contributed by atoms with E-state index in [9.17, 15) is 13.5 Å². The predicted octanol–water partition coefficient (Wildman–Crippen LogP) is 3.49. The molecule has 0 fully saturated rings. The van der Waals surface area contributed by atoms with Gasteiger partial charge in [0.15, 0.2) is 0 Å². The van der Waals surface area contributed by atoms with E-state index >= 15 is 0 Å². The van der Waals surface area contributed by atoms with Crippen LogP contribution in [0.15, 0.2) is 58.3 Å². The molecule has 0 unspecified atom stereocenters. The van der Waals surface area contributed by atoms with Crippen molar-refractivity contribution >= 4 is 25.8 Å². The fourth-order valence-corrected chi connectivity index (χ4v) is 4.33. The molecule has 0 radical (unpaired) electrons. The Morgan fingerprint density at radius 2 is 1.74 bits per heavy atom. The summed E-state index contributed by atoms with van der Waals surface area (Å²) in [4.78, 5) is 0.0311. The first-order valence-electron chi connectivity index (χ1n) is 7.19. The maximum atomic E-state index is 12.7. The van der Waals surface area contributed by atoms with Crippen LogP contribution >= 0.6 is 15.9 Å². The maximum Gasteiger partial charge on any atom is 0.206 e. The van der Waals surface area contributed by atoms with Gasteiger partial charge < -0.3 is 9.84 Å². The van der Waals surface area contributed by atoms with Crippen molar-refractivity contribution in [2.75, 3.05) is 0 Å². The van der Waals surface area contributed by atoms with Crippen LogP contribution in [0.4, 0.5) is 0 Å². The normalized spacial score (nSPS) is 23.0. The summed E-state index contributed by atoms with van der Waals surface area (Å²) in [6.45, 7) is 3.74. The van der Waals surface area contributed by atoms with Crippen molar-refractivity contribution in [2.24, 2.45) is 0 Å². The lowest BCUT2D eigenvalue weighted by Crippen LogP contribution is -2.45. The number of halogens is 1. The molecule has 0 saturated heterocycles. The fourth-order valence-electron chi connectivity index (χ4n) is 2.63. The Balaban J connectivity index is 2.09. The first-order chi connectivity index (χ1) is 10.7. The van der Waals surface area contributed by atoms with Crippen LogP contribution in [-0.2, 0) is 9.84 Å². The van der Waals surface area contributed by atoms with Crippen molar-refractivity contribution < 1.29 is 18.3 Å². The largest absolute Gasteiger partial charge is 0.486 e. The quantitative estimate of drug-likeness (QED) is 0.789. The van der Waals surface area contributed by atoms with Crippen molar-refractivity contribution in [3.05, 3.63) is 54.1 Å². The lowest BCUT2D eigenvalue weighted by Gasteiger charge is -2.40. The zero-order valence-corrected chi connectivity index (χ0v) is 15.1. The van der Waals surface area contributed by atoms with Crippen LogP contribution in [-0.4, -0.2) is 24.0 Å². The number of aliphatic hydroxyl groups is 1. The van der Waals surface area contributed by atoms with Gasteiger partial charge in [-0.15, -0.1) is 0 Å². The Morgan fingerprint density at radius 1 is 1.09 bits per heavy atom. The Morgan fingerprint density at radius 3 is 2.39 bits per heavy atom. The van der Waals surface area contributed by atoms with E-state index in [0.717, 1.165) is 0 Å². The first-order valence-corrected chi connectivity index (χ1v) is 9.58. The number of fused-ring (bicyclic) bond motifs is 1. The second-order valence-electron chi connectivity index (χ2n) is 6.07. The van der Waals surface area contributed by atoms with Gasteiger partial charge in [0.2, 0.25) is 9.84 Å². The molecule has 3 rings (SSSR count). The highest BCUT2D eigenvalue weighted by atomic mass is 79.9. The van der Waals surface area contributed by atoms with Gasteiger partial charge in [0.25, 0.3) is 0 Å². The molecule has 0 bridgehead atoms. The first kappa shape index (κ1) is 16.5. The number of ether oxygens (including phenoxy) is 1. The van der Waals surface area contributed by atoms with Crippen LogP contribution in [0.3, 0.4) is 0 Å². The molecule has 122 valence electrons. The summed E-state index contributed by atoms with van der Waals surface area (Å²) in [5, 5.41) is 10.5. The number of aliphatic hydroxyl groups excluding tert-OH is 1.